The molecular weight excluding hydrogens is 190 g/mol. The van der Waals surface area contributed by atoms with Crippen molar-refractivity contribution in [2.75, 3.05) is 24.6 Å². The summed E-state index contributed by atoms with van der Waals surface area (Å²) in [6.07, 6.45) is 0. The monoisotopic (exact) mass is 205 g/mol. The quantitative estimate of drug-likeness (QED) is 0.699. The second-order valence-corrected chi connectivity index (χ2v) is 5.31. The van der Waals surface area contributed by atoms with E-state index >= 15 is 0 Å². The van der Waals surface area contributed by atoms with Gasteiger partial charge in [-0.3, -0.25) is 4.79 Å². The normalized spacial score (nSPS) is 18.2. The highest BCUT2D eigenvalue weighted by Crippen LogP contribution is 2.32. The lowest BCUT2D eigenvalue weighted by Gasteiger charge is -2.21. The molecule has 0 saturated carbocycles. The third-order valence-electron chi connectivity index (χ3n) is 1.90. The number of rotatable bonds is 3. The zero-order chi connectivity index (χ0) is 8.97. The number of carbonyl (C=O) groups is 1. The average molecular weight is 205 g/mol. The Bertz CT molecular complexity index is 149. The number of thioether (sulfide) groups is 2. The summed E-state index contributed by atoms with van der Waals surface area (Å²) in [5.41, 5.74) is 0. The second-order valence-electron chi connectivity index (χ2n) is 2.58. The van der Waals surface area contributed by atoms with Crippen molar-refractivity contribution in [1.82, 2.24) is 4.90 Å². The lowest BCUT2D eigenvalue weighted by atomic mass is 10.5. The summed E-state index contributed by atoms with van der Waals surface area (Å²) >= 11 is 3.56. The van der Waals surface area contributed by atoms with Gasteiger partial charge in [-0.15, -0.1) is 23.5 Å². The van der Waals surface area contributed by atoms with E-state index < -0.39 is 0 Å². The van der Waals surface area contributed by atoms with Crippen LogP contribution >= 0.6 is 23.5 Å². The van der Waals surface area contributed by atoms with E-state index in [0.29, 0.717) is 5.91 Å². The molecule has 1 rings (SSSR count). The van der Waals surface area contributed by atoms with Crippen molar-refractivity contribution in [2.45, 2.75) is 18.4 Å². The van der Waals surface area contributed by atoms with E-state index in [9.17, 15) is 4.79 Å². The van der Waals surface area contributed by atoms with E-state index in [1.54, 1.807) is 23.5 Å². The zero-order valence-corrected chi connectivity index (χ0v) is 9.21. The van der Waals surface area contributed by atoms with E-state index in [0.717, 1.165) is 24.6 Å². The molecule has 1 heterocycles. The number of carbonyl (C=O) groups excluding carboxylic acids is 1. The first kappa shape index (κ1) is 10.3. The summed E-state index contributed by atoms with van der Waals surface area (Å²) in [6, 6.07) is 0. The summed E-state index contributed by atoms with van der Waals surface area (Å²) < 4.78 is 0.185. The standard InChI is InChI=1S/C8H15NOS2/c1-3-9(4-2)7(10)8-11-5-6-12-8/h8H,3-6H2,1-2H3. The van der Waals surface area contributed by atoms with Crippen molar-refractivity contribution in [3.8, 4) is 0 Å². The molecule has 0 unspecified atom stereocenters. The predicted octanol–water partition coefficient (Wildman–Crippen LogP) is 1.66. The Morgan fingerprint density at radius 1 is 1.33 bits per heavy atom. The highest BCUT2D eigenvalue weighted by Gasteiger charge is 2.26. The Morgan fingerprint density at radius 3 is 2.25 bits per heavy atom. The number of hydrogen-bond acceptors (Lipinski definition) is 3. The van der Waals surface area contributed by atoms with Crippen molar-refractivity contribution in [3.05, 3.63) is 0 Å². The van der Waals surface area contributed by atoms with Crippen LogP contribution in [0.15, 0.2) is 0 Å². The molecular formula is C8H15NOS2. The topological polar surface area (TPSA) is 20.3 Å². The van der Waals surface area contributed by atoms with Crippen LogP contribution in [0.1, 0.15) is 13.8 Å². The molecule has 0 radical (unpaired) electrons. The maximum absolute atomic E-state index is 11.7. The van der Waals surface area contributed by atoms with Crippen LogP contribution in [-0.4, -0.2) is 40.0 Å². The third-order valence-corrected chi connectivity index (χ3v) is 4.86. The molecule has 0 spiro atoms. The molecule has 0 N–H and O–H groups in total. The fraction of sp³-hybridized carbons (Fsp3) is 0.875. The van der Waals surface area contributed by atoms with Crippen LogP contribution in [0.5, 0.6) is 0 Å². The highest BCUT2D eigenvalue weighted by atomic mass is 32.2. The fourth-order valence-corrected chi connectivity index (χ4v) is 3.93. The van der Waals surface area contributed by atoms with E-state index in [1.807, 2.05) is 18.7 Å². The Morgan fingerprint density at radius 2 is 1.83 bits per heavy atom. The Hall–Kier alpha value is 0.170. The molecule has 0 aromatic heterocycles. The van der Waals surface area contributed by atoms with E-state index in [1.165, 1.54) is 0 Å². The van der Waals surface area contributed by atoms with Gasteiger partial charge in [0.1, 0.15) is 4.58 Å². The molecule has 12 heavy (non-hydrogen) atoms. The first-order chi connectivity index (χ1) is 5.79. The van der Waals surface area contributed by atoms with Crippen molar-refractivity contribution >= 4 is 29.4 Å². The molecule has 0 aromatic carbocycles. The van der Waals surface area contributed by atoms with E-state index in [4.69, 9.17) is 0 Å². The van der Waals surface area contributed by atoms with Gasteiger partial charge in [-0.05, 0) is 13.8 Å². The molecule has 0 atom stereocenters. The summed E-state index contributed by atoms with van der Waals surface area (Å²) in [5, 5.41) is 0. The largest absolute Gasteiger partial charge is 0.342 e. The molecule has 4 heteroatoms. The van der Waals surface area contributed by atoms with Gasteiger partial charge in [-0.1, -0.05) is 0 Å². The number of amides is 1. The van der Waals surface area contributed by atoms with Crippen LogP contribution in [-0.2, 0) is 4.79 Å². The first-order valence-corrected chi connectivity index (χ1v) is 6.41. The number of hydrogen-bond donors (Lipinski definition) is 0. The van der Waals surface area contributed by atoms with Gasteiger partial charge in [0.15, 0.2) is 0 Å². The molecule has 1 aliphatic rings. The smallest absolute Gasteiger partial charge is 0.245 e. The maximum atomic E-state index is 11.7. The summed E-state index contributed by atoms with van der Waals surface area (Å²) in [5.74, 6) is 2.57. The molecule has 70 valence electrons. The maximum Gasteiger partial charge on any atom is 0.245 e. The van der Waals surface area contributed by atoms with Gasteiger partial charge in [-0.25, -0.2) is 0 Å². The molecule has 0 bridgehead atoms. The molecule has 0 aromatic rings. The van der Waals surface area contributed by atoms with Gasteiger partial charge in [0.25, 0.3) is 0 Å². The van der Waals surface area contributed by atoms with Crippen LogP contribution in [0.2, 0.25) is 0 Å². The van der Waals surface area contributed by atoms with Crippen molar-refractivity contribution in [3.63, 3.8) is 0 Å². The zero-order valence-electron chi connectivity index (χ0n) is 7.58. The molecule has 2 nitrogen and oxygen atoms in total. The lowest BCUT2D eigenvalue weighted by Crippen LogP contribution is -2.35. The van der Waals surface area contributed by atoms with Crippen LogP contribution in [0.25, 0.3) is 0 Å². The van der Waals surface area contributed by atoms with Crippen molar-refractivity contribution in [2.24, 2.45) is 0 Å². The van der Waals surface area contributed by atoms with Crippen LogP contribution in [0.4, 0.5) is 0 Å². The Labute approximate surface area is 82.5 Å². The van der Waals surface area contributed by atoms with Gasteiger partial charge >= 0.3 is 0 Å². The van der Waals surface area contributed by atoms with Crippen LogP contribution in [0, 0.1) is 0 Å². The van der Waals surface area contributed by atoms with Crippen molar-refractivity contribution in [1.29, 1.82) is 0 Å². The van der Waals surface area contributed by atoms with Crippen LogP contribution < -0.4 is 0 Å². The lowest BCUT2D eigenvalue weighted by molar-refractivity contribution is -0.128. The second kappa shape index (κ2) is 5.02. The summed E-state index contributed by atoms with van der Waals surface area (Å²) in [7, 11) is 0. The van der Waals surface area contributed by atoms with E-state index in [-0.39, 0.29) is 4.58 Å². The molecule has 0 aliphatic carbocycles. The molecule has 1 amide bonds. The third kappa shape index (κ3) is 2.33. The first-order valence-electron chi connectivity index (χ1n) is 4.31. The Balaban J connectivity index is 2.43. The fourth-order valence-electron chi connectivity index (χ4n) is 1.19. The highest BCUT2D eigenvalue weighted by molar-refractivity contribution is 8.21. The summed E-state index contributed by atoms with van der Waals surface area (Å²) in [6.45, 7) is 5.75. The molecule has 1 fully saturated rings. The van der Waals surface area contributed by atoms with Gasteiger partial charge in [0, 0.05) is 24.6 Å². The van der Waals surface area contributed by atoms with Gasteiger partial charge < -0.3 is 4.90 Å². The number of nitrogens with zero attached hydrogens (tertiary/aromatic N) is 1. The minimum absolute atomic E-state index is 0.185. The van der Waals surface area contributed by atoms with Gasteiger partial charge in [0.05, 0.1) is 0 Å². The van der Waals surface area contributed by atoms with Gasteiger partial charge in [-0.2, -0.15) is 0 Å². The average Bonchev–Trinajstić information content (AvgIpc) is 2.58. The molecule has 1 aliphatic heterocycles. The van der Waals surface area contributed by atoms with E-state index in [2.05, 4.69) is 0 Å². The van der Waals surface area contributed by atoms with Crippen LogP contribution in [0.3, 0.4) is 0 Å². The minimum Gasteiger partial charge on any atom is -0.342 e. The van der Waals surface area contributed by atoms with Gasteiger partial charge in [0.2, 0.25) is 5.91 Å². The van der Waals surface area contributed by atoms with Crippen molar-refractivity contribution < 1.29 is 4.79 Å². The SMILES string of the molecule is CCN(CC)C(=O)C1SCCS1. The minimum atomic E-state index is 0.185. The summed E-state index contributed by atoms with van der Waals surface area (Å²) in [4.78, 5) is 13.6. The Kier molecular flexibility index (Phi) is 4.29. The molecule has 1 saturated heterocycles. The predicted molar refractivity (Wildman–Crippen MR) is 56.6 cm³/mol.